The van der Waals surface area contributed by atoms with Crippen LogP contribution in [0.5, 0.6) is 0 Å². The Hall–Kier alpha value is -0.800. The Labute approximate surface area is 98.6 Å². The number of hydrogen-bond donors (Lipinski definition) is 2. The molecule has 0 amide bonds. The molecular formula is C13H24N2O. The third kappa shape index (κ3) is 3.09. The van der Waals surface area contributed by atoms with Gasteiger partial charge in [0.1, 0.15) is 11.5 Å². The summed E-state index contributed by atoms with van der Waals surface area (Å²) >= 11 is 0. The minimum absolute atomic E-state index is 0.279. The molecule has 2 N–H and O–H groups in total. The van der Waals surface area contributed by atoms with Crippen molar-refractivity contribution in [2.45, 2.75) is 26.8 Å². The smallest absolute Gasteiger partial charge is 0.121 e. The Morgan fingerprint density at radius 3 is 2.31 bits per heavy atom. The van der Waals surface area contributed by atoms with Gasteiger partial charge in [-0.1, -0.05) is 13.8 Å². The molecule has 92 valence electrons. The molecule has 1 rings (SSSR count). The number of furan rings is 1. The molecule has 0 bridgehead atoms. The first-order valence-corrected chi connectivity index (χ1v) is 5.98. The molecule has 3 heteroatoms. The molecule has 1 aromatic rings. The van der Waals surface area contributed by atoms with Gasteiger partial charge in [-0.25, -0.2) is 0 Å². The zero-order valence-corrected chi connectivity index (χ0v) is 11.0. The van der Waals surface area contributed by atoms with E-state index in [1.807, 2.05) is 27.1 Å². The van der Waals surface area contributed by atoms with Gasteiger partial charge in [-0.3, -0.25) is 0 Å². The van der Waals surface area contributed by atoms with Gasteiger partial charge in [0.2, 0.25) is 0 Å². The van der Waals surface area contributed by atoms with Gasteiger partial charge in [0.25, 0.3) is 0 Å². The Bertz CT molecular complexity index is 307. The molecule has 0 fully saturated rings. The van der Waals surface area contributed by atoms with Gasteiger partial charge in [0.15, 0.2) is 0 Å². The van der Waals surface area contributed by atoms with Crippen LogP contribution in [0, 0.1) is 18.8 Å². The summed E-state index contributed by atoms with van der Waals surface area (Å²) in [6.45, 7) is 7.48. The van der Waals surface area contributed by atoms with Crippen LogP contribution in [-0.4, -0.2) is 20.6 Å². The molecule has 16 heavy (non-hydrogen) atoms. The average Bonchev–Trinajstić information content (AvgIpc) is 2.64. The molecule has 0 radical (unpaired) electrons. The Morgan fingerprint density at radius 1 is 1.25 bits per heavy atom. The predicted octanol–water partition coefficient (Wildman–Crippen LogP) is 2.34. The van der Waals surface area contributed by atoms with Gasteiger partial charge in [0.05, 0.1) is 6.04 Å². The van der Waals surface area contributed by atoms with Crippen molar-refractivity contribution < 1.29 is 4.42 Å². The van der Waals surface area contributed by atoms with E-state index >= 15 is 0 Å². The zero-order valence-electron chi connectivity index (χ0n) is 11.0. The van der Waals surface area contributed by atoms with Crippen LogP contribution < -0.4 is 10.6 Å². The summed E-state index contributed by atoms with van der Waals surface area (Å²) < 4.78 is 5.72. The van der Waals surface area contributed by atoms with E-state index in [2.05, 4.69) is 30.5 Å². The second-order valence-corrected chi connectivity index (χ2v) is 4.68. The zero-order chi connectivity index (χ0) is 12.1. The van der Waals surface area contributed by atoms with Crippen LogP contribution in [0.3, 0.4) is 0 Å². The summed E-state index contributed by atoms with van der Waals surface area (Å²) in [5.41, 5.74) is 0. The summed E-state index contributed by atoms with van der Waals surface area (Å²) in [6, 6.07) is 4.37. The SMILES string of the molecule is CNCC(C(C)C)C(NC)c1ccc(C)o1. The first kappa shape index (κ1) is 13.3. The normalized spacial score (nSPS) is 15.4. The fraction of sp³-hybridized carbons (Fsp3) is 0.692. The highest BCUT2D eigenvalue weighted by Gasteiger charge is 2.26. The monoisotopic (exact) mass is 224 g/mol. The van der Waals surface area contributed by atoms with Crippen molar-refractivity contribution in [1.82, 2.24) is 10.6 Å². The molecule has 0 spiro atoms. The number of rotatable bonds is 6. The van der Waals surface area contributed by atoms with Crippen LogP contribution >= 0.6 is 0 Å². The van der Waals surface area contributed by atoms with Crippen molar-refractivity contribution in [2.75, 3.05) is 20.6 Å². The molecule has 0 aliphatic carbocycles. The molecule has 0 aromatic carbocycles. The van der Waals surface area contributed by atoms with Crippen molar-refractivity contribution in [3.05, 3.63) is 23.7 Å². The van der Waals surface area contributed by atoms with Gasteiger partial charge in [-0.05, 0) is 51.5 Å². The van der Waals surface area contributed by atoms with Crippen LogP contribution in [-0.2, 0) is 0 Å². The summed E-state index contributed by atoms with van der Waals surface area (Å²) in [4.78, 5) is 0. The largest absolute Gasteiger partial charge is 0.465 e. The van der Waals surface area contributed by atoms with Crippen LogP contribution in [0.4, 0.5) is 0 Å². The number of nitrogens with one attached hydrogen (secondary N) is 2. The molecule has 0 saturated heterocycles. The molecule has 3 nitrogen and oxygen atoms in total. The third-order valence-corrected chi connectivity index (χ3v) is 3.10. The van der Waals surface area contributed by atoms with Crippen LogP contribution in [0.2, 0.25) is 0 Å². The van der Waals surface area contributed by atoms with E-state index in [0.717, 1.165) is 18.1 Å². The average molecular weight is 224 g/mol. The lowest BCUT2D eigenvalue weighted by Gasteiger charge is -2.28. The summed E-state index contributed by atoms with van der Waals surface area (Å²) in [5, 5.41) is 6.62. The lowest BCUT2D eigenvalue weighted by molar-refractivity contribution is 0.252. The molecule has 2 atom stereocenters. The van der Waals surface area contributed by atoms with E-state index in [1.54, 1.807) is 0 Å². The van der Waals surface area contributed by atoms with Gasteiger partial charge in [-0.2, -0.15) is 0 Å². The standard InChI is InChI=1S/C13H24N2O/c1-9(2)11(8-14-4)13(15-5)12-7-6-10(3)16-12/h6-7,9,11,13-15H,8H2,1-5H3. The van der Waals surface area contributed by atoms with E-state index < -0.39 is 0 Å². The third-order valence-electron chi connectivity index (χ3n) is 3.10. The Balaban J connectivity index is 2.85. The highest BCUT2D eigenvalue weighted by molar-refractivity contribution is 5.11. The lowest BCUT2D eigenvalue weighted by Crippen LogP contribution is -2.35. The number of hydrogen-bond acceptors (Lipinski definition) is 3. The Kier molecular flexibility index (Phi) is 5.03. The van der Waals surface area contributed by atoms with Crippen molar-refractivity contribution in [3.8, 4) is 0 Å². The van der Waals surface area contributed by atoms with E-state index in [9.17, 15) is 0 Å². The minimum Gasteiger partial charge on any atom is -0.465 e. The quantitative estimate of drug-likeness (QED) is 0.779. The predicted molar refractivity (Wildman–Crippen MR) is 67.5 cm³/mol. The molecule has 2 unspecified atom stereocenters. The summed E-state index contributed by atoms with van der Waals surface area (Å²) in [5.74, 6) is 3.15. The van der Waals surface area contributed by atoms with Crippen molar-refractivity contribution in [1.29, 1.82) is 0 Å². The molecule has 1 aromatic heterocycles. The van der Waals surface area contributed by atoms with Gasteiger partial charge in [0, 0.05) is 0 Å². The molecule has 1 heterocycles. The fourth-order valence-electron chi connectivity index (χ4n) is 2.16. The molecule has 0 saturated carbocycles. The Morgan fingerprint density at radius 2 is 1.94 bits per heavy atom. The maximum absolute atomic E-state index is 5.72. The van der Waals surface area contributed by atoms with E-state index in [4.69, 9.17) is 4.42 Å². The van der Waals surface area contributed by atoms with E-state index in [-0.39, 0.29) is 6.04 Å². The first-order chi connectivity index (χ1) is 7.60. The lowest BCUT2D eigenvalue weighted by atomic mass is 9.87. The van der Waals surface area contributed by atoms with Crippen LogP contribution in [0.25, 0.3) is 0 Å². The highest BCUT2D eigenvalue weighted by Crippen LogP contribution is 2.28. The number of aryl methyl sites for hydroxylation is 1. The van der Waals surface area contributed by atoms with Crippen molar-refractivity contribution in [2.24, 2.45) is 11.8 Å². The van der Waals surface area contributed by atoms with Gasteiger partial charge in [-0.15, -0.1) is 0 Å². The van der Waals surface area contributed by atoms with Crippen LogP contribution in [0.15, 0.2) is 16.5 Å². The summed E-state index contributed by atoms with van der Waals surface area (Å²) in [7, 11) is 3.99. The van der Waals surface area contributed by atoms with Crippen molar-refractivity contribution in [3.63, 3.8) is 0 Å². The van der Waals surface area contributed by atoms with E-state index in [1.165, 1.54) is 0 Å². The molecule has 0 aliphatic heterocycles. The van der Waals surface area contributed by atoms with E-state index in [0.29, 0.717) is 11.8 Å². The second-order valence-electron chi connectivity index (χ2n) is 4.68. The molecular weight excluding hydrogens is 200 g/mol. The maximum Gasteiger partial charge on any atom is 0.121 e. The van der Waals surface area contributed by atoms with Crippen molar-refractivity contribution >= 4 is 0 Å². The summed E-state index contributed by atoms with van der Waals surface area (Å²) in [6.07, 6.45) is 0. The highest BCUT2D eigenvalue weighted by atomic mass is 16.3. The van der Waals surface area contributed by atoms with Gasteiger partial charge < -0.3 is 15.1 Å². The first-order valence-electron chi connectivity index (χ1n) is 5.98. The minimum atomic E-state index is 0.279. The van der Waals surface area contributed by atoms with Gasteiger partial charge >= 0.3 is 0 Å². The second kappa shape index (κ2) is 6.06. The molecule has 0 aliphatic rings. The maximum atomic E-state index is 5.72. The fourth-order valence-corrected chi connectivity index (χ4v) is 2.16. The topological polar surface area (TPSA) is 37.2 Å². The van der Waals surface area contributed by atoms with Crippen LogP contribution in [0.1, 0.15) is 31.4 Å².